The minimum absolute atomic E-state index is 0.276. The highest BCUT2D eigenvalue weighted by Gasteiger charge is 2.50. The van der Waals surface area contributed by atoms with Crippen molar-refractivity contribution in [1.82, 2.24) is 9.97 Å². The molecule has 118 heavy (non-hydrogen) atoms. The molecule has 0 spiro atoms. The van der Waals surface area contributed by atoms with Crippen LogP contribution in [0.5, 0.6) is 0 Å². The molecule has 4 aliphatic heterocycles. The predicted molar refractivity (Wildman–Crippen MR) is 494 cm³/mol. The van der Waals surface area contributed by atoms with Crippen LogP contribution in [0.25, 0.3) is 44.8 Å². The van der Waals surface area contributed by atoms with Crippen LogP contribution in [0.2, 0.25) is 0 Å². The Morgan fingerprint density at radius 2 is 0.610 bits per heavy atom. The Hall–Kier alpha value is -14.5. The topological polar surface area (TPSA) is 45.2 Å². The van der Waals surface area contributed by atoms with E-state index in [0.717, 1.165) is 186 Å². The van der Waals surface area contributed by atoms with Crippen LogP contribution in [0.3, 0.4) is 0 Å². The van der Waals surface area contributed by atoms with E-state index in [2.05, 4.69) is 418 Å². The van der Waals surface area contributed by atoms with E-state index < -0.39 is 0 Å². The lowest BCUT2D eigenvalue weighted by atomic mass is 9.30. The average molecular weight is 1510 g/mol. The van der Waals surface area contributed by atoms with Crippen molar-refractivity contribution in [3.05, 3.63) is 411 Å². The number of hydrogen-bond donors (Lipinski definition) is 0. The summed E-state index contributed by atoms with van der Waals surface area (Å²) < 4.78 is 0. The van der Waals surface area contributed by atoms with Crippen molar-refractivity contribution in [1.29, 1.82) is 0 Å². The molecule has 0 radical (unpaired) electrons. The van der Waals surface area contributed by atoms with Gasteiger partial charge in [-0.2, -0.15) is 0 Å². The van der Waals surface area contributed by atoms with Gasteiger partial charge < -0.3 is 29.4 Å². The molecule has 15 aromatic carbocycles. The molecule has 558 valence electrons. The van der Waals surface area contributed by atoms with E-state index in [4.69, 9.17) is 9.97 Å². The summed E-state index contributed by atoms with van der Waals surface area (Å²) in [6.45, 7) is -0.572. The summed E-state index contributed by atoms with van der Waals surface area (Å²) in [4.78, 5) is 26.7. The van der Waals surface area contributed by atoms with Gasteiger partial charge in [-0.25, -0.2) is 0 Å². The number of rotatable bonds is 14. The van der Waals surface area contributed by atoms with Gasteiger partial charge in [-0.3, -0.25) is 9.97 Å². The second kappa shape index (κ2) is 28.8. The number of pyridine rings is 2. The molecule has 0 saturated heterocycles. The Balaban J connectivity index is 0.858. The molecule has 6 heterocycles. The highest BCUT2D eigenvalue weighted by molar-refractivity contribution is 7.03. The highest BCUT2D eigenvalue weighted by atomic mass is 15.2. The Labute approximate surface area is 690 Å². The van der Waals surface area contributed by atoms with E-state index in [1.165, 1.54) is 68.1 Å². The summed E-state index contributed by atoms with van der Waals surface area (Å²) in [7, 11) is 0. The maximum atomic E-state index is 5.66. The van der Waals surface area contributed by atoms with E-state index in [9.17, 15) is 0 Å². The number of para-hydroxylation sites is 10. The maximum absolute atomic E-state index is 5.66. The molecule has 0 N–H and O–H groups in total. The first-order valence-electron chi connectivity index (χ1n) is 41.8. The standard InChI is InChI=1S/C108H80B2N8/c1-8-35-73(36-9-1)84-53-34-54-85(74-37-10-2-11-38-74)108(84)118-101-72-100-90(71-91(101)109-88-55-26-32-61-98(88)115(80-47-18-6-19-48-80)102-67-82(68-105(118)107(102)109)113(77-41-12-3-13-42-77)78-43-14-4-15-44-78)110-89-56-27-33-62-99(89)117(97-60-31-25-52-87(97)95-66-64-76-40-23-29-58-93(76)112-95)104-70-83(69-103(106(104)110)116(100)81-49-20-7-21-50-81)114(79-45-16-5-17-46-79)96-59-30-24-51-86(96)94-65-63-75-39-22-28-57-92(75)111-94/h1-21,24-27,30-38,41-56,59-72H,22-23,28-29,39-40,57-58H2. The first-order chi connectivity index (χ1) is 58.6. The van der Waals surface area contributed by atoms with E-state index in [-0.39, 0.29) is 13.4 Å². The molecule has 17 aromatic rings. The first-order valence-corrected chi connectivity index (χ1v) is 41.8. The number of fused-ring (bicyclic) bond motifs is 10. The van der Waals surface area contributed by atoms with Crippen LogP contribution in [0.1, 0.15) is 48.2 Å². The van der Waals surface area contributed by atoms with Gasteiger partial charge in [0.1, 0.15) is 0 Å². The minimum atomic E-state index is -0.295. The zero-order valence-electron chi connectivity index (χ0n) is 65.3. The average Bonchev–Trinajstić information content (AvgIpc) is 0.679. The molecule has 0 saturated carbocycles. The maximum Gasteiger partial charge on any atom is 0.252 e. The highest BCUT2D eigenvalue weighted by Crippen LogP contribution is 2.56. The fraction of sp³-hybridized carbons (Fsp3) is 0.0741. The van der Waals surface area contributed by atoms with Crippen molar-refractivity contribution in [2.75, 3.05) is 29.4 Å². The van der Waals surface area contributed by atoms with Crippen molar-refractivity contribution in [3.63, 3.8) is 0 Å². The van der Waals surface area contributed by atoms with E-state index in [1.807, 2.05) is 0 Å². The molecule has 0 fully saturated rings. The van der Waals surface area contributed by atoms with Crippen molar-refractivity contribution in [2.45, 2.75) is 51.4 Å². The molecule has 0 unspecified atom stereocenters. The van der Waals surface area contributed by atoms with Crippen molar-refractivity contribution >= 4 is 149 Å². The lowest BCUT2D eigenvalue weighted by molar-refractivity contribution is 0.668. The van der Waals surface area contributed by atoms with Crippen LogP contribution in [-0.2, 0) is 25.7 Å². The van der Waals surface area contributed by atoms with Crippen molar-refractivity contribution in [3.8, 4) is 44.8 Å². The van der Waals surface area contributed by atoms with Crippen LogP contribution in [-0.4, -0.2) is 23.4 Å². The van der Waals surface area contributed by atoms with Gasteiger partial charge in [0, 0.05) is 108 Å². The van der Waals surface area contributed by atoms with Crippen LogP contribution >= 0.6 is 0 Å². The van der Waals surface area contributed by atoms with Gasteiger partial charge in [0.25, 0.3) is 13.4 Å². The van der Waals surface area contributed by atoms with Gasteiger partial charge in [0.2, 0.25) is 0 Å². The molecule has 23 rings (SSSR count). The van der Waals surface area contributed by atoms with Crippen LogP contribution in [0.15, 0.2) is 388 Å². The zero-order chi connectivity index (χ0) is 77.7. The van der Waals surface area contributed by atoms with E-state index >= 15 is 0 Å². The number of anilines is 18. The van der Waals surface area contributed by atoms with E-state index in [0.29, 0.717) is 0 Å². The molecule has 8 nitrogen and oxygen atoms in total. The molecule has 0 amide bonds. The van der Waals surface area contributed by atoms with Gasteiger partial charge in [0.15, 0.2) is 0 Å². The van der Waals surface area contributed by atoms with Crippen molar-refractivity contribution in [2.24, 2.45) is 0 Å². The smallest absolute Gasteiger partial charge is 0.252 e. The zero-order valence-corrected chi connectivity index (χ0v) is 65.3. The number of nitrogens with zero attached hydrogens (tertiary/aromatic N) is 8. The number of benzene rings is 15. The molecule has 2 aromatic heterocycles. The first kappa shape index (κ1) is 69.1. The minimum Gasteiger partial charge on any atom is -0.311 e. The largest absolute Gasteiger partial charge is 0.311 e. The fourth-order valence-electron chi connectivity index (χ4n) is 20.2. The number of aryl methyl sites for hydroxylation is 4. The quantitative estimate of drug-likeness (QED) is 0.0998. The Bertz CT molecular complexity index is 6650. The SMILES string of the molecule is c1ccc(-c2cccc(-c3ccccc3)c2N2c3cc4c(cc3B3c5ccccc5N(c5ccccc5)c5cc(N(c6ccccc6)c6ccccc6)cc2c53)B2c3ccccc3N(c3ccccc3-c3ccc5c(n3)CCCC5)c3cc(N(c5ccccc5)c5ccccc5-c5ccc6c(n5)CCCC6)cc(c32)N4c2ccccc2)cc1. The van der Waals surface area contributed by atoms with Crippen LogP contribution in [0, 0.1) is 0 Å². The van der Waals surface area contributed by atoms with E-state index in [1.54, 1.807) is 0 Å². The normalized spacial score (nSPS) is 13.7. The Morgan fingerprint density at radius 1 is 0.237 bits per heavy atom. The van der Waals surface area contributed by atoms with Gasteiger partial charge in [0.05, 0.1) is 39.8 Å². The molecule has 0 atom stereocenters. The van der Waals surface area contributed by atoms with Gasteiger partial charge in [-0.1, -0.05) is 261 Å². The molecule has 10 heteroatoms. The summed E-state index contributed by atoms with van der Waals surface area (Å²) in [6, 6.07) is 146. The summed E-state index contributed by atoms with van der Waals surface area (Å²) in [6.07, 6.45) is 8.72. The number of hydrogen-bond acceptors (Lipinski definition) is 8. The molecule has 2 aliphatic carbocycles. The molecule has 6 aliphatic rings. The Morgan fingerprint density at radius 3 is 1.14 bits per heavy atom. The fourth-order valence-corrected chi connectivity index (χ4v) is 20.2. The second-order valence-electron chi connectivity index (χ2n) is 31.9. The van der Waals surface area contributed by atoms with Gasteiger partial charge in [-0.15, -0.1) is 0 Å². The Kier molecular flexibility index (Phi) is 16.9. The monoisotopic (exact) mass is 1510 g/mol. The summed E-state index contributed by atoms with van der Waals surface area (Å²) in [5, 5.41) is 0. The summed E-state index contributed by atoms with van der Waals surface area (Å²) >= 11 is 0. The molecular formula is C108H80B2N8. The predicted octanol–water partition coefficient (Wildman–Crippen LogP) is 24.0. The third-order valence-corrected chi connectivity index (χ3v) is 25.3. The second-order valence-corrected chi connectivity index (χ2v) is 31.9. The third kappa shape index (κ3) is 11.4. The lowest BCUT2D eigenvalue weighted by Gasteiger charge is -2.48. The number of aromatic nitrogens is 2. The molecular weight excluding hydrogens is 1430 g/mol. The van der Waals surface area contributed by atoms with Crippen LogP contribution < -0.4 is 62.2 Å². The third-order valence-electron chi connectivity index (χ3n) is 25.3. The molecule has 0 bridgehead atoms. The lowest BCUT2D eigenvalue weighted by Crippen LogP contribution is -2.65. The summed E-state index contributed by atoms with van der Waals surface area (Å²) in [5.41, 5.74) is 40.3. The van der Waals surface area contributed by atoms with Gasteiger partial charge >= 0.3 is 0 Å². The summed E-state index contributed by atoms with van der Waals surface area (Å²) in [5.74, 6) is 0. The van der Waals surface area contributed by atoms with Crippen LogP contribution in [0.4, 0.5) is 102 Å². The van der Waals surface area contributed by atoms with Crippen molar-refractivity contribution < 1.29 is 0 Å². The van der Waals surface area contributed by atoms with Gasteiger partial charge in [-0.05, 0) is 234 Å².